The number of benzene rings is 1. The first kappa shape index (κ1) is 14.9. The molecule has 0 amide bonds. The lowest BCUT2D eigenvalue weighted by Crippen LogP contribution is -2.41. The van der Waals surface area contributed by atoms with Gasteiger partial charge in [0.25, 0.3) is 0 Å². The van der Waals surface area contributed by atoms with E-state index in [9.17, 15) is 13.6 Å². The number of rotatable bonds is 2. The Bertz CT molecular complexity index is 556. The van der Waals surface area contributed by atoms with Crippen LogP contribution in [0.3, 0.4) is 0 Å². The van der Waals surface area contributed by atoms with E-state index < -0.39 is 35.9 Å². The van der Waals surface area contributed by atoms with Crippen LogP contribution in [-0.4, -0.2) is 29.4 Å². The predicted molar refractivity (Wildman–Crippen MR) is 69.0 cm³/mol. The SMILES string of the molecule is CC1(C)OB(c2cc(C(=O)O)cc(F)c2F)OC1(C)C. The van der Waals surface area contributed by atoms with Crippen molar-refractivity contribution in [3.8, 4) is 0 Å². The molecule has 0 saturated carbocycles. The largest absolute Gasteiger partial charge is 0.497 e. The van der Waals surface area contributed by atoms with Gasteiger partial charge in [-0.1, -0.05) is 0 Å². The van der Waals surface area contributed by atoms with Gasteiger partial charge in [-0.2, -0.15) is 0 Å². The number of carbonyl (C=O) groups is 1. The Balaban J connectivity index is 2.47. The molecule has 0 spiro atoms. The molecule has 1 aromatic carbocycles. The minimum atomic E-state index is -1.35. The van der Waals surface area contributed by atoms with Crippen molar-refractivity contribution in [1.82, 2.24) is 0 Å². The second-order valence-corrected chi connectivity index (χ2v) is 5.75. The van der Waals surface area contributed by atoms with Crippen LogP contribution in [0.1, 0.15) is 38.1 Å². The molecular weight excluding hydrogens is 269 g/mol. The van der Waals surface area contributed by atoms with Gasteiger partial charge in [0.1, 0.15) is 0 Å². The first-order chi connectivity index (χ1) is 9.05. The molecular formula is C13H15BF2O4. The molecule has 4 nitrogen and oxygen atoms in total. The fourth-order valence-electron chi connectivity index (χ4n) is 1.88. The van der Waals surface area contributed by atoms with E-state index in [1.807, 2.05) is 0 Å². The molecule has 1 aliphatic heterocycles. The number of aromatic carboxylic acids is 1. The average Bonchev–Trinajstić information content (AvgIpc) is 2.51. The highest BCUT2D eigenvalue weighted by atomic mass is 19.2. The number of halogens is 2. The third-order valence-corrected chi connectivity index (χ3v) is 3.81. The van der Waals surface area contributed by atoms with Crippen LogP contribution in [0, 0.1) is 11.6 Å². The first-order valence-electron chi connectivity index (χ1n) is 6.13. The summed E-state index contributed by atoms with van der Waals surface area (Å²) in [5.74, 6) is -3.75. The van der Waals surface area contributed by atoms with Crippen LogP contribution >= 0.6 is 0 Å². The number of hydrogen-bond acceptors (Lipinski definition) is 3. The molecule has 108 valence electrons. The van der Waals surface area contributed by atoms with Gasteiger partial charge < -0.3 is 14.4 Å². The van der Waals surface area contributed by atoms with Crippen LogP contribution < -0.4 is 5.46 Å². The average molecular weight is 284 g/mol. The van der Waals surface area contributed by atoms with Gasteiger partial charge in [-0.15, -0.1) is 0 Å². The molecule has 0 unspecified atom stereocenters. The Hall–Kier alpha value is -1.47. The summed E-state index contributed by atoms with van der Waals surface area (Å²) in [5, 5.41) is 8.90. The number of carboxylic acid groups (broad SMARTS) is 1. The number of carboxylic acids is 1. The van der Waals surface area contributed by atoms with Gasteiger partial charge in [-0.05, 0) is 39.8 Å². The van der Waals surface area contributed by atoms with E-state index in [0.717, 1.165) is 6.07 Å². The van der Waals surface area contributed by atoms with Crippen molar-refractivity contribution < 1.29 is 28.0 Å². The maximum atomic E-state index is 13.9. The summed E-state index contributed by atoms with van der Waals surface area (Å²) in [5.41, 5.74) is -2.05. The van der Waals surface area contributed by atoms with Crippen molar-refractivity contribution in [2.75, 3.05) is 0 Å². The smallest absolute Gasteiger partial charge is 0.478 e. The summed E-state index contributed by atoms with van der Waals surface area (Å²) in [6.45, 7) is 7.06. The molecule has 0 bridgehead atoms. The highest BCUT2D eigenvalue weighted by Gasteiger charge is 2.52. The lowest BCUT2D eigenvalue weighted by atomic mass is 9.77. The van der Waals surface area contributed by atoms with Crippen molar-refractivity contribution >= 4 is 18.6 Å². The van der Waals surface area contributed by atoms with E-state index in [4.69, 9.17) is 14.4 Å². The summed E-state index contributed by atoms with van der Waals surface area (Å²) < 4.78 is 38.6. The zero-order chi connectivity index (χ0) is 15.3. The van der Waals surface area contributed by atoms with Crippen LogP contribution in [0.25, 0.3) is 0 Å². The van der Waals surface area contributed by atoms with Crippen LogP contribution in [0.5, 0.6) is 0 Å². The molecule has 1 N–H and O–H groups in total. The van der Waals surface area contributed by atoms with E-state index in [1.165, 1.54) is 0 Å². The fourth-order valence-corrected chi connectivity index (χ4v) is 1.88. The molecule has 1 saturated heterocycles. The van der Waals surface area contributed by atoms with E-state index in [0.29, 0.717) is 6.07 Å². The normalized spacial score (nSPS) is 20.2. The number of hydrogen-bond donors (Lipinski definition) is 1. The summed E-state index contributed by atoms with van der Waals surface area (Å²) in [6.07, 6.45) is 0. The standard InChI is InChI=1S/C13H15BF2O4/c1-12(2)13(3,4)20-14(19-12)8-5-7(11(17)18)6-9(15)10(8)16/h5-6H,1-4H3,(H,17,18). The topological polar surface area (TPSA) is 55.8 Å². The molecule has 7 heteroatoms. The highest BCUT2D eigenvalue weighted by molar-refractivity contribution is 6.62. The molecule has 1 aromatic rings. The summed E-state index contributed by atoms with van der Waals surface area (Å²) >= 11 is 0. The molecule has 1 heterocycles. The fraction of sp³-hybridized carbons (Fsp3) is 0.462. The quantitative estimate of drug-likeness (QED) is 0.843. The Morgan fingerprint density at radius 3 is 2.10 bits per heavy atom. The Labute approximate surface area is 115 Å². The van der Waals surface area contributed by atoms with Crippen molar-refractivity contribution in [2.45, 2.75) is 38.9 Å². The van der Waals surface area contributed by atoms with Gasteiger partial charge in [0.15, 0.2) is 11.6 Å². The van der Waals surface area contributed by atoms with Gasteiger partial charge in [-0.3, -0.25) is 0 Å². The minimum absolute atomic E-state index is 0.249. The van der Waals surface area contributed by atoms with E-state index in [2.05, 4.69) is 0 Å². The first-order valence-corrected chi connectivity index (χ1v) is 6.13. The van der Waals surface area contributed by atoms with Crippen LogP contribution in [0.4, 0.5) is 8.78 Å². The van der Waals surface area contributed by atoms with Crippen LogP contribution in [-0.2, 0) is 9.31 Å². The maximum Gasteiger partial charge on any atom is 0.497 e. The van der Waals surface area contributed by atoms with E-state index in [1.54, 1.807) is 27.7 Å². The Kier molecular flexibility index (Phi) is 3.38. The highest BCUT2D eigenvalue weighted by Crippen LogP contribution is 2.36. The predicted octanol–water partition coefficient (Wildman–Crippen LogP) is 1.96. The summed E-state index contributed by atoms with van der Waals surface area (Å²) in [7, 11) is -1.14. The third kappa shape index (κ3) is 2.31. The van der Waals surface area contributed by atoms with Crippen molar-refractivity contribution in [2.24, 2.45) is 0 Å². The molecule has 0 atom stereocenters. The Morgan fingerprint density at radius 2 is 1.65 bits per heavy atom. The van der Waals surface area contributed by atoms with Crippen molar-refractivity contribution in [3.05, 3.63) is 29.3 Å². The monoisotopic (exact) mass is 284 g/mol. The van der Waals surface area contributed by atoms with Gasteiger partial charge in [0.2, 0.25) is 0 Å². The molecule has 0 aromatic heterocycles. The maximum absolute atomic E-state index is 13.9. The summed E-state index contributed by atoms with van der Waals surface area (Å²) in [4.78, 5) is 10.9. The lowest BCUT2D eigenvalue weighted by molar-refractivity contribution is 0.00578. The van der Waals surface area contributed by atoms with Crippen LogP contribution in [0.2, 0.25) is 0 Å². The van der Waals surface area contributed by atoms with Gasteiger partial charge in [0.05, 0.1) is 16.8 Å². The molecule has 20 heavy (non-hydrogen) atoms. The molecule has 1 fully saturated rings. The van der Waals surface area contributed by atoms with Gasteiger partial charge in [-0.25, -0.2) is 13.6 Å². The molecule has 1 aliphatic rings. The van der Waals surface area contributed by atoms with Crippen molar-refractivity contribution in [1.29, 1.82) is 0 Å². The van der Waals surface area contributed by atoms with Crippen LogP contribution in [0.15, 0.2) is 12.1 Å². The zero-order valence-corrected chi connectivity index (χ0v) is 11.7. The molecule has 0 aliphatic carbocycles. The van der Waals surface area contributed by atoms with Gasteiger partial charge >= 0.3 is 13.1 Å². The van der Waals surface area contributed by atoms with Crippen molar-refractivity contribution in [3.63, 3.8) is 0 Å². The Morgan fingerprint density at radius 1 is 1.15 bits per heavy atom. The van der Waals surface area contributed by atoms with E-state index >= 15 is 0 Å². The van der Waals surface area contributed by atoms with Gasteiger partial charge in [0, 0.05) is 5.46 Å². The zero-order valence-electron chi connectivity index (χ0n) is 11.7. The third-order valence-electron chi connectivity index (χ3n) is 3.81. The lowest BCUT2D eigenvalue weighted by Gasteiger charge is -2.32. The van der Waals surface area contributed by atoms with E-state index in [-0.39, 0.29) is 11.0 Å². The minimum Gasteiger partial charge on any atom is -0.478 e. The second kappa shape index (κ2) is 4.53. The molecule has 2 rings (SSSR count). The molecule has 0 radical (unpaired) electrons. The second-order valence-electron chi connectivity index (χ2n) is 5.75. The summed E-state index contributed by atoms with van der Waals surface area (Å²) in [6, 6.07) is 1.66.